The maximum Gasteiger partial charge on any atom is 0.317 e. The molecule has 5 nitrogen and oxygen atoms in total. The van der Waals surface area contributed by atoms with Crippen LogP contribution in [-0.4, -0.2) is 48.4 Å². The quantitative estimate of drug-likeness (QED) is 0.821. The molecule has 2 amide bonds. The van der Waals surface area contributed by atoms with Crippen molar-refractivity contribution in [2.75, 3.05) is 26.8 Å². The van der Waals surface area contributed by atoms with Crippen LogP contribution in [0.4, 0.5) is 13.6 Å². The number of ether oxygens (including phenoxy) is 1. The van der Waals surface area contributed by atoms with E-state index in [2.05, 4.69) is 5.32 Å². The number of hydrogen-bond donors (Lipinski definition) is 2. The van der Waals surface area contributed by atoms with Crippen LogP contribution in [0.1, 0.15) is 18.4 Å². The fraction of sp³-hybridized carbons (Fsp3) is 0.533. The average molecular weight is 349 g/mol. The highest BCUT2D eigenvalue weighted by molar-refractivity contribution is 6.30. The van der Waals surface area contributed by atoms with Crippen LogP contribution in [0, 0.1) is 11.6 Å². The second-order valence-corrected chi connectivity index (χ2v) is 5.96. The lowest BCUT2D eigenvalue weighted by Crippen LogP contribution is -2.51. The second-order valence-electron chi connectivity index (χ2n) is 5.55. The lowest BCUT2D eigenvalue weighted by atomic mass is 9.92. The topological polar surface area (TPSA) is 61.8 Å². The molecule has 1 aromatic rings. The van der Waals surface area contributed by atoms with Gasteiger partial charge in [-0.3, -0.25) is 0 Å². The van der Waals surface area contributed by atoms with E-state index < -0.39 is 17.2 Å². The molecule has 0 radical (unpaired) electrons. The number of rotatable bonds is 4. The van der Waals surface area contributed by atoms with Crippen molar-refractivity contribution in [3.05, 3.63) is 34.4 Å². The predicted molar refractivity (Wildman–Crippen MR) is 81.2 cm³/mol. The molecule has 0 atom stereocenters. The van der Waals surface area contributed by atoms with Crippen molar-refractivity contribution in [2.24, 2.45) is 0 Å². The van der Waals surface area contributed by atoms with Gasteiger partial charge in [-0.15, -0.1) is 0 Å². The first-order valence-corrected chi connectivity index (χ1v) is 7.61. The predicted octanol–water partition coefficient (Wildman–Crippen LogP) is 2.30. The van der Waals surface area contributed by atoms with Gasteiger partial charge in [0.05, 0.1) is 17.2 Å². The molecule has 0 unspecified atom stereocenters. The third kappa shape index (κ3) is 4.10. The Morgan fingerprint density at radius 1 is 1.39 bits per heavy atom. The number of urea groups is 1. The summed E-state index contributed by atoms with van der Waals surface area (Å²) in [6.45, 7) is 0.592. The minimum absolute atomic E-state index is 0.0267. The zero-order valence-corrected chi connectivity index (χ0v) is 13.5. The summed E-state index contributed by atoms with van der Waals surface area (Å²) in [6, 6.07) is 1.48. The second kappa shape index (κ2) is 7.42. The Morgan fingerprint density at radius 2 is 2.04 bits per heavy atom. The highest BCUT2D eigenvalue weighted by atomic mass is 35.5. The van der Waals surface area contributed by atoms with Gasteiger partial charge in [-0.25, -0.2) is 13.6 Å². The van der Waals surface area contributed by atoms with Gasteiger partial charge >= 0.3 is 6.03 Å². The lowest BCUT2D eigenvalue weighted by Gasteiger charge is -2.39. The Bertz CT molecular complexity index is 572. The van der Waals surface area contributed by atoms with Crippen LogP contribution in [-0.2, 0) is 11.3 Å². The summed E-state index contributed by atoms with van der Waals surface area (Å²) in [5.41, 5.74) is -0.582. The van der Waals surface area contributed by atoms with Gasteiger partial charge in [0.25, 0.3) is 0 Å². The standard InChI is InChI=1S/C15H19ClF2N2O3/c1-23-15(9-21)2-4-20(5-3-15)14(22)19-8-10-6-13(18)11(16)7-12(10)17/h6-7,21H,2-5,8-9H2,1H3,(H,19,22). The third-order valence-electron chi connectivity index (χ3n) is 4.20. The number of likely N-dealkylation sites (tertiary alicyclic amines) is 1. The van der Waals surface area contributed by atoms with Crippen LogP contribution >= 0.6 is 11.6 Å². The van der Waals surface area contributed by atoms with E-state index in [1.165, 1.54) is 7.11 Å². The Labute approximate surface area is 138 Å². The molecule has 0 spiro atoms. The van der Waals surface area contributed by atoms with E-state index in [0.29, 0.717) is 25.9 Å². The molecule has 2 rings (SSSR count). The zero-order chi connectivity index (χ0) is 17.0. The number of hydrogen-bond acceptors (Lipinski definition) is 3. The highest BCUT2D eigenvalue weighted by Gasteiger charge is 2.35. The van der Waals surface area contributed by atoms with Crippen molar-refractivity contribution in [1.82, 2.24) is 10.2 Å². The molecule has 2 N–H and O–H groups in total. The summed E-state index contributed by atoms with van der Waals surface area (Å²) in [4.78, 5) is 13.6. The van der Waals surface area contributed by atoms with Crippen LogP contribution in [0.15, 0.2) is 12.1 Å². The van der Waals surface area contributed by atoms with Crippen molar-refractivity contribution in [3.63, 3.8) is 0 Å². The molecule has 1 aliphatic rings. The number of aliphatic hydroxyl groups is 1. The number of carbonyl (C=O) groups excluding carboxylic acids is 1. The number of amides is 2. The van der Waals surface area contributed by atoms with Gasteiger partial charge in [-0.2, -0.15) is 0 Å². The minimum Gasteiger partial charge on any atom is -0.393 e. The molecule has 0 saturated carbocycles. The molecular formula is C15H19ClF2N2O3. The normalized spacial score (nSPS) is 17.2. The molecule has 1 fully saturated rings. The van der Waals surface area contributed by atoms with Crippen molar-refractivity contribution in [2.45, 2.75) is 25.0 Å². The Balaban J connectivity index is 1.90. The lowest BCUT2D eigenvalue weighted by molar-refractivity contribution is -0.0835. The van der Waals surface area contributed by atoms with Gasteiger partial charge < -0.3 is 20.1 Å². The van der Waals surface area contributed by atoms with Gasteiger partial charge in [0.1, 0.15) is 11.6 Å². The molecule has 8 heteroatoms. The first-order chi connectivity index (χ1) is 10.9. The molecule has 1 saturated heterocycles. The number of nitrogens with one attached hydrogen (secondary N) is 1. The van der Waals surface area contributed by atoms with Gasteiger partial charge in [0.2, 0.25) is 0 Å². The van der Waals surface area contributed by atoms with Crippen LogP contribution in [0.2, 0.25) is 5.02 Å². The van der Waals surface area contributed by atoms with Gasteiger partial charge in [-0.1, -0.05) is 11.6 Å². The summed E-state index contributed by atoms with van der Waals surface area (Å²) in [5.74, 6) is -1.41. The fourth-order valence-corrected chi connectivity index (χ4v) is 2.68. The summed E-state index contributed by atoms with van der Waals surface area (Å²) < 4.78 is 32.3. The number of carbonyl (C=O) groups is 1. The SMILES string of the molecule is COC1(CO)CCN(C(=O)NCc2cc(F)c(Cl)cc2F)CC1. The van der Waals surface area contributed by atoms with Gasteiger partial charge in [-0.05, 0) is 25.0 Å². The minimum atomic E-state index is -0.733. The number of halogens is 3. The Kier molecular flexibility index (Phi) is 5.78. The fourth-order valence-electron chi connectivity index (χ4n) is 2.53. The number of aliphatic hydroxyl groups excluding tert-OH is 1. The van der Waals surface area contributed by atoms with Crippen LogP contribution in [0.3, 0.4) is 0 Å². The molecule has 0 bridgehead atoms. The highest BCUT2D eigenvalue weighted by Crippen LogP contribution is 2.25. The average Bonchev–Trinajstić information content (AvgIpc) is 2.56. The summed E-state index contributed by atoms with van der Waals surface area (Å²) in [6.07, 6.45) is 1.02. The number of benzene rings is 1. The maximum absolute atomic E-state index is 13.7. The van der Waals surface area contributed by atoms with E-state index in [9.17, 15) is 18.7 Å². The van der Waals surface area contributed by atoms with E-state index in [0.717, 1.165) is 12.1 Å². The molecular weight excluding hydrogens is 330 g/mol. The van der Waals surface area contributed by atoms with Crippen LogP contribution in [0.5, 0.6) is 0 Å². The molecule has 23 heavy (non-hydrogen) atoms. The van der Waals surface area contributed by atoms with E-state index in [4.69, 9.17) is 16.3 Å². The third-order valence-corrected chi connectivity index (χ3v) is 4.49. The Hall–Kier alpha value is -1.44. The smallest absolute Gasteiger partial charge is 0.317 e. The van der Waals surface area contributed by atoms with E-state index in [1.54, 1.807) is 4.90 Å². The monoisotopic (exact) mass is 348 g/mol. The van der Waals surface area contributed by atoms with Crippen molar-refractivity contribution >= 4 is 17.6 Å². The molecule has 128 valence electrons. The van der Waals surface area contributed by atoms with Crippen molar-refractivity contribution in [1.29, 1.82) is 0 Å². The van der Waals surface area contributed by atoms with Gasteiger partial charge in [0, 0.05) is 32.3 Å². The van der Waals surface area contributed by atoms with Crippen molar-refractivity contribution < 1.29 is 23.4 Å². The first kappa shape index (κ1) is 17.9. The summed E-state index contributed by atoms with van der Waals surface area (Å²) >= 11 is 5.48. The van der Waals surface area contributed by atoms with Crippen LogP contribution < -0.4 is 5.32 Å². The molecule has 0 aromatic heterocycles. The zero-order valence-electron chi connectivity index (χ0n) is 12.7. The van der Waals surface area contributed by atoms with E-state index >= 15 is 0 Å². The first-order valence-electron chi connectivity index (χ1n) is 7.23. The van der Waals surface area contributed by atoms with E-state index in [1.807, 2.05) is 0 Å². The molecule has 1 aromatic carbocycles. The van der Waals surface area contributed by atoms with Gasteiger partial charge in [0.15, 0.2) is 0 Å². The largest absolute Gasteiger partial charge is 0.393 e. The van der Waals surface area contributed by atoms with Crippen LogP contribution in [0.25, 0.3) is 0 Å². The summed E-state index contributed by atoms with van der Waals surface area (Å²) in [7, 11) is 1.53. The molecule has 1 heterocycles. The van der Waals surface area contributed by atoms with Crippen molar-refractivity contribution in [3.8, 4) is 0 Å². The summed E-state index contributed by atoms with van der Waals surface area (Å²) in [5, 5.41) is 11.6. The number of nitrogens with zero attached hydrogens (tertiary/aromatic N) is 1. The Morgan fingerprint density at radius 3 is 2.61 bits per heavy atom. The van der Waals surface area contributed by atoms with E-state index in [-0.39, 0.29) is 29.8 Å². The number of methoxy groups -OCH3 is 1. The number of piperidine rings is 1. The molecule has 1 aliphatic heterocycles. The maximum atomic E-state index is 13.7. The molecule has 0 aliphatic carbocycles.